The molecule has 0 saturated carbocycles. The highest BCUT2D eigenvalue weighted by molar-refractivity contribution is 6.39. The molecule has 0 unspecified atom stereocenters. The monoisotopic (exact) mass is 467 g/mol. The Kier molecular flexibility index (Phi) is 6.69. The van der Waals surface area contributed by atoms with Crippen LogP contribution in [0.3, 0.4) is 0 Å². The summed E-state index contributed by atoms with van der Waals surface area (Å²) in [6, 6.07) is 9.28. The maximum atomic E-state index is 13.3. The Bertz CT molecular complexity index is 1160. The molecule has 10 heteroatoms. The molecule has 4 rings (SSSR count). The van der Waals surface area contributed by atoms with Crippen molar-refractivity contribution in [3.05, 3.63) is 47.5 Å². The van der Waals surface area contributed by atoms with Gasteiger partial charge >= 0.3 is 6.03 Å². The van der Waals surface area contributed by atoms with Crippen LogP contribution >= 0.6 is 0 Å². The molecule has 2 aromatic rings. The zero-order chi connectivity index (χ0) is 24.2. The number of ether oxygens (including phenoxy) is 4. The van der Waals surface area contributed by atoms with E-state index in [0.717, 1.165) is 23.7 Å². The summed E-state index contributed by atoms with van der Waals surface area (Å²) in [4.78, 5) is 41.5. The zero-order valence-corrected chi connectivity index (χ0v) is 19.1. The topological polar surface area (TPSA) is 107 Å². The fourth-order valence-electron chi connectivity index (χ4n) is 3.84. The van der Waals surface area contributed by atoms with E-state index in [1.165, 1.54) is 33.5 Å². The van der Waals surface area contributed by atoms with Crippen LogP contribution in [0.5, 0.6) is 17.2 Å². The quantitative estimate of drug-likeness (QED) is 0.509. The number of anilines is 2. The normalized spacial score (nSPS) is 17.6. The van der Waals surface area contributed by atoms with Gasteiger partial charge in [-0.15, -0.1) is 0 Å². The molecule has 34 heavy (non-hydrogen) atoms. The molecule has 178 valence electrons. The van der Waals surface area contributed by atoms with E-state index in [1.54, 1.807) is 18.2 Å². The van der Waals surface area contributed by atoms with Gasteiger partial charge in [-0.2, -0.15) is 0 Å². The number of rotatable bonds is 6. The van der Waals surface area contributed by atoms with Gasteiger partial charge in [0.1, 0.15) is 22.8 Å². The molecule has 2 heterocycles. The number of urea groups is 1. The molecule has 0 atom stereocenters. The number of hydrogen-bond acceptors (Lipinski definition) is 8. The predicted molar refractivity (Wildman–Crippen MR) is 125 cm³/mol. The number of benzene rings is 2. The molecule has 0 aliphatic carbocycles. The molecule has 2 fully saturated rings. The average Bonchev–Trinajstić information content (AvgIpc) is 2.87. The van der Waals surface area contributed by atoms with E-state index in [1.807, 2.05) is 12.1 Å². The van der Waals surface area contributed by atoms with Crippen LogP contribution in [-0.2, 0) is 14.3 Å². The molecule has 1 N–H and O–H groups in total. The molecule has 2 saturated heterocycles. The number of carbonyl (C=O) groups is 3. The summed E-state index contributed by atoms with van der Waals surface area (Å²) in [6.07, 6.45) is 1.41. The van der Waals surface area contributed by atoms with E-state index in [-0.39, 0.29) is 17.0 Å². The van der Waals surface area contributed by atoms with Crippen molar-refractivity contribution in [2.24, 2.45) is 0 Å². The summed E-state index contributed by atoms with van der Waals surface area (Å²) in [7, 11) is 4.42. The second-order valence-corrected chi connectivity index (χ2v) is 7.52. The third-order valence-corrected chi connectivity index (χ3v) is 5.62. The van der Waals surface area contributed by atoms with Crippen molar-refractivity contribution in [2.75, 3.05) is 57.4 Å². The van der Waals surface area contributed by atoms with Crippen LogP contribution in [0.15, 0.2) is 42.0 Å². The standard InChI is InChI=1S/C24H25N3O7/c1-31-17-6-7-19(21(14-17)33-3)27-23(29)18(22(28)25-24(27)30)12-15-4-5-16(13-20(15)32-2)26-8-10-34-11-9-26/h4-7,12-14H,8-11H2,1-3H3,(H,25,28,30)/b18-12+. The lowest BCUT2D eigenvalue weighted by Crippen LogP contribution is -2.54. The van der Waals surface area contributed by atoms with Crippen molar-refractivity contribution in [1.29, 1.82) is 0 Å². The van der Waals surface area contributed by atoms with Crippen LogP contribution in [0.1, 0.15) is 5.56 Å². The van der Waals surface area contributed by atoms with Crippen LogP contribution in [0, 0.1) is 0 Å². The van der Waals surface area contributed by atoms with Gasteiger partial charge in [0, 0.05) is 36.5 Å². The van der Waals surface area contributed by atoms with Gasteiger partial charge in [-0.05, 0) is 30.3 Å². The van der Waals surface area contributed by atoms with Gasteiger partial charge in [-0.25, -0.2) is 9.69 Å². The van der Waals surface area contributed by atoms with Gasteiger partial charge < -0.3 is 23.8 Å². The number of barbiturate groups is 1. The molecule has 2 aromatic carbocycles. The Labute approximate surface area is 196 Å². The average molecular weight is 467 g/mol. The summed E-state index contributed by atoms with van der Waals surface area (Å²) in [5, 5.41) is 2.22. The number of nitrogens with one attached hydrogen (secondary N) is 1. The molecular formula is C24H25N3O7. The highest BCUT2D eigenvalue weighted by Crippen LogP contribution is 2.35. The number of methoxy groups -OCH3 is 3. The second kappa shape index (κ2) is 9.84. The minimum Gasteiger partial charge on any atom is -0.497 e. The van der Waals surface area contributed by atoms with Crippen LogP contribution in [0.2, 0.25) is 0 Å². The summed E-state index contributed by atoms with van der Waals surface area (Å²) < 4.78 is 21.4. The molecule has 4 amide bonds. The van der Waals surface area contributed by atoms with Crippen LogP contribution in [0.25, 0.3) is 6.08 Å². The van der Waals surface area contributed by atoms with E-state index in [0.29, 0.717) is 30.3 Å². The first-order chi connectivity index (χ1) is 16.5. The SMILES string of the molecule is COc1ccc(N2C(=O)NC(=O)/C(=C\c3ccc(N4CCOCC4)cc3OC)C2=O)c(OC)c1. The molecule has 10 nitrogen and oxygen atoms in total. The maximum Gasteiger partial charge on any atom is 0.336 e. The van der Waals surface area contributed by atoms with Crippen molar-refractivity contribution in [3.8, 4) is 17.2 Å². The molecule has 0 bridgehead atoms. The lowest BCUT2D eigenvalue weighted by atomic mass is 10.0. The first kappa shape index (κ1) is 23.1. The fourth-order valence-corrected chi connectivity index (χ4v) is 3.84. The Morgan fingerprint density at radius 3 is 2.32 bits per heavy atom. The van der Waals surface area contributed by atoms with E-state index in [2.05, 4.69) is 10.2 Å². The Morgan fingerprint density at radius 2 is 1.65 bits per heavy atom. The Hall–Kier alpha value is -4.05. The third-order valence-electron chi connectivity index (χ3n) is 5.62. The fraction of sp³-hybridized carbons (Fsp3) is 0.292. The number of amides is 4. The molecule has 2 aliphatic rings. The highest BCUT2D eigenvalue weighted by Gasteiger charge is 2.38. The maximum absolute atomic E-state index is 13.3. The van der Waals surface area contributed by atoms with E-state index >= 15 is 0 Å². The summed E-state index contributed by atoms with van der Waals surface area (Å²) in [6.45, 7) is 2.79. The highest BCUT2D eigenvalue weighted by atomic mass is 16.5. The predicted octanol–water partition coefficient (Wildman–Crippen LogP) is 2.22. The minimum atomic E-state index is -0.870. The van der Waals surface area contributed by atoms with Crippen molar-refractivity contribution < 1.29 is 33.3 Å². The second-order valence-electron chi connectivity index (χ2n) is 7.52. The molecule has 2 aliphatic heterocycles. The number of nitrogens with zero attached hydrogens (tertiary/aromatic N) is 2. The molecule has 0 radical (unpaired) electrons. The smallest absolute Gasteiger partial charge is 0.336 e. The van der Waals surface area contributed by atoms with Crippen molar-refractivity contribution in [2.45, 2.75) is 0 Å². The van der Waals surface area contributed by atoms with E-state index < -0.39 is 17.8 Å². The van der Waals surface area contributed by atoms with E-state index in [9.17, 15) is 14.4 Å². The molecule has 0 aromatic heterocycles. The van der Waals surface area contributed by atoms with Crippen LogP contribution in [0.4, 0.5) is 16.2 Å². The van der Waals surface area contributed by atoms with Gasteiger partial charge in [0.2, 0.25) is 0 Å². The first-order valence-corrected chi connectivity index (χ1v) is 10.6. The van der Waals surface area contributed by atoms with Crippen molar-refractivity contribution in [3.63, 3.8) is 0 Å². The lowest BCUT2D eigenvalue weighted by molar-refractivity contribution is -0.122. The van der Waals surface area contributed by atoms with Crippen LogP contribution < -0.4 is 29.3 Å². The molecular weight excluding hydrogens is 442 g/mol. The zero-order valence-electron chi connectivity index (χ0n) is 19.1. The summed E-state index contributed by atoms with van der Waals surface area (Å²) in [5.41, 5.74) is 1.43. The lowest BCUT2D eigenvalue weighted by Gasteiger charge is -2.29. The van der Waals surface area contributed by atoms with Gasteiger partial charge in [-0.3, -0.25) is 14.9 Å². The first-order valence-electron chi connectivity index (χ1n) is 10.6. The Morgan fingerprint density at radius 1 is 0.912 bits per heavy atom. The number of imide groups is 2. The van der Waals surface area contributed by atoms with Gasteiger partial charge in [0.25, 0.3) is 11.8 Å². The largest absolute Gasteiger partial charge is 0.497 e. The summed E-state index contributed by atoms with van der Waals surface area (Å²) in [5.74, 6) is -0.358. The van der Waals surface area contributed by atoms with E-state index in [4.69, 9.17) is 18.9 Å². The van der Waals surface area contributed by atoms with Gasteiger partial charge in [0.15, 0.2) is 0 Å². The third kappa shape index (κ3) is 4.40. The number of carbonyl (C=O) groups excluding carboxylic acids is 3. The van der Waals surface area contributed by atoms with Crippen LogP contribution in [-0.4, -0.2) is 65.5 Å². The molecule has 0 spiro atoms. The van der Waals surface area contributed by atoms with Gasteiger partial charge in [0.05, 0.1) is 40.2 Å². The van der Waals surface area contributed by atoms with Gasteiger partial charge in [-0.1, -0.05) is 0 Å². The van der Waals surface area contributed by atoms with Crippen molar-refractivity contribution in [1.82, 2.24) is 5.32 Å². The number of hydrogen-bond donors (Lipinski definition) is 1. The number of morpholine rings is 1. The Balaban J connectivity index is 1.70. The minimum absolute atomic E-state index is 0.179. The summed E-state index contributed by atoms with van der Waals surface area (Å²) >= 11 is 0. The van der Waals surface area contributed by atoms with Crippen molar-refractivity contribution >= 4 is 35.3 Å².